The first kappa shape index (κ1) is 18.1. The van der Waals surface area contributed by atoms with Crippen LogP contribution in [0.2, 0.25) is 0 Å². The minimum Gasteiger partial charge on any atom is -0.492 e. The third kappa shape index (κ3) is 5.74. The van der Waals surface area contributed by atoms with Crippen molar-refractivity contribution in [1.82, 2.24) is 5.32 Å². The number of benzene rings is 2. The molecule has 2 rings (SSSR count). The Labute approximate surface area is 149 Å². The smallest absolute Gasteiger partial charge is 0.171 e. The molecule has 0 bridgehead atoms. The van der Waals surface area contributed by atoms with Crippen molar-refractivity contribution in [3.63, 3.8) is 0 Å². The van der Waals surface area contributed by atoms with Gasteiger partial charge in [-0.25, -0.2) is 0 Å². The molecule has 128 valence electrons. The summed E-state index contributed by atoms with van der Waals surface area (Å²) < 4.78 is 11.3. The number of ether oxygens (including phenoxy) is 2. The zero-order valence-electron chi connectivity index (χ0n) is 14.3. The lowest BCUT2D eigenvalue weighted by Gasteiger charge is -2.15. The van der Waals surface area contributed by atoms with E-state index in [-0.39, 0.29) is 6.10 Å². The number of hydrogen-bond acceptors (Lipinski definition) is 3. The molecule has 0 aliphatic rings. The maximum absolute atomic E-state index is 5.71. The van der Waals surface area contributed by atoms with E-state index in [1.807, 2.05) is 69.3 Å². The van der Waals surface area contributed by atoms with Crippen LogP contribution in [0.5, 0.6) is 11.5 Å². The van der Waals surface area contributed by atoms with Gasteiger partial charge in [-0.05, 0) is 62.8 Å². The number of para-hydroxylation sites is 2. The summed E-state index contributed by atoms with van der Waals surface area (Å²) in [6.45, 7) is 7.22. The summed E-state index contributed by atoms with van der Waals surface area (Å²) in [7, 11) is 0. The Kier molecular flexibility index (Phi) is 6.88. The van der Waals surface area contributed by atoms with Crippen molar-refractivity contribution in [3.05, 3.63) is 54.1 Å². The van der Waals surface area contributed by atoms with Gasteiger partial charge in [-0.2, -0.15) is 0 Å². The van der Waals surface area contributed by atoms with Gasteiger partial charge in [-0.1, -0.05) is 24.3 Å². The minimum atomic E-state index is 0.158. The first-order valence-electron chi connectivity index (χ1n) is 8.10. The van der Waals surface area contributed by atoms with Gasteiger partial charge in [0.2, 0.25) is 0 Å². The molecule has 0 saturated carbocycles. The number of rotatable bonds is 7. The Bertz CT molecular complexity index is 674. The van der Waals surface area contributed by atoms with Crippen molar-refractivity contribution < 1.29 is 9.47 Å². The van der Waals surface area contributed by atoms with Crippen LogP contribution in [0.3, 0.4) is 0 Å². The first-order valence-corrected chi connectivity index (χ1v) is 8.51. The van der Waals surface area contributed by atoms with E-state index >= 15 is 0 Å². The molecule has 0 unspecified atom stereocenters. The predicted octanol–water partition coefficient (Wildman–Crippen LogP) is 4.36. The summed E-state index contributed by atoms with van der Waals surface area (Å²) >= 11 is 5.37. The van der Waals surface area contributed by atoms with Crippen molar-refractivity contribution >= 4 is 23.0 Å². The van der Waals surface area contributed by atoms with Gasteiger partial charge in [0.25, 0.3) is 0 Å². The molecule has 24 heavy (non-hydrogen) atoms. The van der Waals surface area contributed by atoms with Crippen LogP contribution in [-0.4, -0.2) is 17.8 Å². The van der Waals surface area contributed by atoms with Gasteiger partial charge in [-0.15, -0.1) is 0 Å². The highest BCUT2D eigenvalue weighted by Crippen LogP contribution is 2.23. The summed E-state index contributed by atoms with van der Waals surface area (Å²) in [6, 6.07) is 15.7. The second kappa shape index (κ2) is 9.13. The topological polar surface area (TPSA) is 42.5 Å². The third-order valence-electron chi connectivity index (χ3n) is 3.16. The average Bonchev–Trinajstić information content (AvgIpc) is 2.55. The highest BCUT2D eigenvalue weighted by Gasteiger charge is 2.05. The van der Waals surface area contributed by atoms with Crippen LogP contribution in [0.4, 0.5) is 5.69 Å². The number of nitrogens with one attached hydrogen (secondary N) is 2. The lowest BCUT2D eigenvalue weighted by molar-refractivity contribution is 0.242. The zero-order chi connectivity index (χ0) is 17.4. The van der Waals surface area contributed by atoms with Gasteiger partial charge in [0.15, 0.2) is 5.11 Å². The fraction of sp³-hybridized carbons (Fsp3) is 0.316. The van der Waals surface area contributed by atoms with Crippen LogP contribution in [0.15, 0.2) is 48.5 Å². The number of anilines is 1. The fourth-order valence-corrected chi connectivity index (χ4v) is 2.38. The van der Waals surface area contributed by atoms with Gasteiger partial charge in [-0.3, -0.25) is 0 Å². The quantitative estimate of drug-likeness (QED) is 0.731. The van der Waals surface area contributed by atoms with E-state index in [0.29, 0.717) is 18.3 Å². The lowest BCUT2D eigenvalue weighted by atomic mass is 10.2. The standard InChI is InChI=1S/C19H24N2O2S/c1-4-22-18-11-6-5-10-17(18)21-19(24)20-13-15-8-7-9-16(12-15)23-14(2)3/h5-12,14H,4,13H2,1-3H3,(H2,20,21,24). The molecule has 0 radical (unpaired) electrons. The van der Waals surface area contributed by atoms with Gasteiger partial charge < -0.3 is 20.1 Å². The van der Waals surface area contributed by atoms with Crippen LogP contribution in [0.1, 0.15) is 26.3 Å². The molecule has 2 N–H and O–H groups in total. The Hall–Kier alpha value is -2.27. The summed E-state index contributed by atoms with van der Waals surface area (Å²) in [5.74, 6) is 1.65. The van der Waals surface area contributed by atoms with Crippen molar-refractivity contribution in [2.75, 3.05) is 11.9 Å². The lowest BCUT2D eigenvalue weighted by Crippen LogP contribution is -2.28. The van der Waals surface area contributed by atoms with E-state index < -0.39 is 0 Å². The van der Waals surface area contributed by atoms with Gasteiger partial charge in [0, 0.05) is 6.54 Å². The Morgan fingerprint density at radius 1 is 1.12 bits per heavy atom. The molecular formula is C19H24N2O2S. The maximum Gasteiger partial charge on any atom is 0.171 e. The highest BCUT2D eigenvalue weighted by molar-refractivity contribution is 7.80. The summed E-state index contributed by atoms with van der Waals surface area (Å²) in [4.78, 5) is 0. The van der Waals surface area contributed by atoms with E-state index in [0.717, 1.165) is 22.7 Å². The Balaban J connectivity index is 1.92. The van der Waals surface area contributed by atoms with E-state index in [9.17, 15) is 0 Å². The predicted molar refractivity (Wildman–Crippen MR) is 103 cm³/mol. The highest BCUT2D eigenvalue weighted by atomic mass is 32.1. The molecule has 0 aromatic heterocycles. The molecule has 0 aliphatic heterocycles. The summed E-state index contributed by atoms with van der Waals surface area (Å²) in [6.07, 6.45) is 0.158. The number of thiocarbonyl (C=S) groups is 1. The molecule has 0 aliphatic carbocycles. The third-order valence-corrected chi connectivity index (χ3v) is 3.40. The van der Waals surface area contributed by atoms with Gasteiger partial charge in [0.1, 0.15) is 11.5 Å². The molecule has 5 heteroatoms. The molecule has 4 nitrogen and oxygen atoms in total. The second-order valence-electron chi connectivity index (χ2n) is 5.55. The molecule has 0 saturated heterocycles. The van der Waals surface area contributed by atoms with Crippen molar-refractivity contribution in [2.45, 2.75) is 33.4 Å². The zero-order valence-corrected chi connectivity index (χ0v) is 15.2. The van der Waals surface area contributed by atoms with E-state index in [1.54, 1.807) is 0 Å². The Morgan fingerprint density at radius 2 is 1.92 bits per heavy atom. The normalized spacial score (nSPS) is 10.3. The monoisotopic (exact) mass is 344 g/mol. The largest absolute Gasteiger partial charge is 0.492 e. The average molecular weight is 344 g/mol. The fourth-order valence-electron chi connectivity index (χ4n) is 2.20. The molecule has 0 amide bonds. The van der Waals surface area contributed by atoms with E-state index in [1.165, 1.54) is 0 Å². The second-order valence-corrected chi connectivity index (χ2v) is 5.96. The van der Waals surface area contributed by atoms with Crippen molar-refractivity contribution in [1.29, 1.82) is 0 Å². The summed E-state index contributed by atoms with van der Waals surface area (Å²) in [5.41, 5.74) is 1.96. The molecule has 0 heterocycles. The molecule has 2 aromatic carbocycles. The maximum atomic E-state index is 5.71. The molecule has 0 spiro atoms. The Morgan fingerprint density at radius 3 is 2.67 bits per heavy atom. The van der Waals surface area contributed by atoms with Crippen LogP contribution < -0.4 is 20.1 Å². The van der Waals surface area contributed by atoms with E-state index in [2.05, 4.69) is 10.6 Å². The SMILES string of the molecule is CCOc1ccccc1NC(=S)NCc1cccc(OC(C)C)c1. The van der Waals surface area contributed by atoms with Crippen LogP contribution in [-0.2, 0) is 6.54 Å². The minimum absolute atomic E-state index is 0.158. The van der Waals surface area contributed by atoms with Crippen LogP contribution in [0.25, 0.3) is 0 Å². The van der Waals surface area contributed by atoms with Crippen LogP contribution >= 0.6 is 12.2 Å². The molecular weight excluding hydrogens is 320 g/mol. The molecule has 0 atom stereocenters. The van der Waals surface area contributed by atoms with Gasteiger partial charge in [0.05, 0.1) is 18.4 Å². The van der Waals surface area contributed by atoms with E-state index in [4.69, 9.17) is 21.7 Å². The van der Waals surface area contributed by atoms with Crippen molar-refractivity contribution in [2.24, 2.45) is 0 Å². The number of hydrogen-bond donors (Lipinski definition) is 2. The van der Waals surface area contributed by atoms with Crippen LogP contribution in [0, 0.1) is 0 Å². The first-order chi connectivity index (χ1) is 11.6. The van der Waals surface area contributed by atoms with Crippen molar-refractivity contribution in [3.8, 4) is 11.5 Å². The molecule has 2 aromatic rings. The molecule has 0 fully saturated rings. The summed E-state index contributed by atoms with van der Waals surface area (Å²) in [5, 5.41) is 6.94. The van der Waals surface area contributed by atoms with Gasteiger partial charge >= 0.3 is 0 Å².